The van der Waals surface area contributed by atoms with Crippen LogP contribution in [0.1, 0.15) is 36.0 Å². The number of nitrogens with one attached hydrogen (secondary N) is 2. The Labute approximate surface area is 202 Å². The molecule has 2 saturated heterocycles. The predicted octanol–water partition coefficient (Wildman–Crippen LogP) is 3.24. The lowest BCUT2D eigenvalue weighted by Crippen LogP contribution is -2.47. The van der Waals surface area contributed by atoms with Gasteiger partial charge in [0.1, 0.15) is 5.52 Å². The summed E-state index contributed by atoms with van der Waals surface area (Å²) in [6.07, 6.45) is 5.59. The van der Waals surface area contributed by atoms with E-state index in [1.165, 1.54) is 11.9 Å². The maximum atomic E-state index is 13.0. The second kappa shape index (κ2) is 9.60. The number of benzene rings is 2. The first kappa shape index (κ1) is 22.6. The molecule has 2 aromatic carbocycles. The van der Waals surface area contributed by atoms with Crippen LogP contribution in [0.4, 0.5) is 5.69 Å². The summed E-state index contributed by atoms with van der Waals surface area (Å²) in [6, 6.07) is 13.3. The molecule has 3 N–H and O–H groups in total. The molecule has 0 aliphatic carbocycles. The highest BCUT2D eigenvalue weighted by Crippen LogP contribution is 2.32. The molecule has 0 radical (unpaired) electrons. The highest BCUT2D eigenvalue weighted by molar-refractivity contribution is 8.00. The van der Waals surface area contributed by atoms with Gasteiger partial charge < -0.3 is 20.0 Å². The first-order chi connectivity index (χ1) is 16.5. The molecule has 34 heavy (non-hydrogen) atoms. The van der Waals surface area contributed by atoms with Crippen LogP contribution in [0.3, 0.4) is 0 Å². The molecule has 9 heteroatoms. The molecule has 1 unspecified atom stereocenters. The summed E-state index contributed by atoms with van der Waals surface area (Å²) >= 11 is 1.45. The third-order valence-corrected chi connectivity index (χ3v) is 7.53. The summed E-state index contributed by atoms with van der Waals surface area (Å²) in [7, 11) is 0. The minimum Gasteiger partial charge on any atom is -0.390 e. The maximum Gasteiger partial charge on any atom is 0.253 e. The fourth-order valence-corrected chi connectivity index (χ4v) is 5.42. The molecule has 1 atom stereocenters. The molecule has 1 aromatic heterocycles. The number of aromatic nitrogens is 2. The van der Waals surface area contributed by atoms with Crippen LogP contribution in [0.15, 0.2) is 59.8 Å². The first-order valence-corrected chi connectivity index (χ1v) is 12.3. The summed E-state index contributed by atoms with van der Waals surface area (Å²) in [5.41, 5.74) is 2.31. The van der Waals surface area contributed by atoms with Gasteiger partial charge in [-0.15, -0.1) is 0 Å². The van der Waals surface area contributed by atoms with Crippen LogP contribution >= 0.6 is 11.9 Å². The van der Waals surface area contributed by atoms with E-state index < -0.39 is 5.60 Å². The van der Waals surface area contributed by atoms with Crippen molar-refractivity contribution in [3.8, 4) is 0 Å². The largest absolute Gasteiger partial charge is 0.390 e. The second-order valence-corrected chi connectivity index (χ2v) is 9.81. The number of fused-ring (bicyclic) bond motifs is 1. The summed E-state index contributed by atoms with van der Waals surface area (Å²) in [5, 5.41) is 13.8. The molecule has 2 amide bonds. The third-order valence-electron chi connectivity index (χ3n) is 6.64. The number of carbonyl (C=O) groups is 2. The molecule has 2 fully saturated rings. The Kier molecular flexibility index (Phi) is 6.38. The van der Waals surface area contributed by atoms with Crippen molar-refractivity contribution < 1.29 is 14.7 Å². The predicted molar refractivity (Wildman–Crippen MR) is 131 cm³/mol. The summed E-state index contributed by atoms with van der Waals surface area (Å²) in [5.74, 6) is -0.123. The van der Waals surface area contributed by atoms with E-state index in [1.54, 1.807) is 17.3 Å². The first-order valence-electron chi connectivity index (χ1n) is 11.5. The average molecular weight is 478 g/mol. The number of hydrogen-bond donors (Lipinski definition) is 3. The summed E-state index contributed by atoms with van der Waals surface area (Å²) in [4.78, 5) is 36.3. The number of aliphatic hydroxyl groups is 1. The normalized spacial score (nSPS) is 19.7. The van der Waals surface area contributed by atoms with Gasteiger partial charge in [0.2, 0.25) is 5.91 Å². The highest BCUT2D eigenvalue weighted by atomic mass is 32.2. The smallest absolute Gasteiger partial charge is 0.253 e. The van der Waals surface area contributed by atoms with Crippen molar-refractivity contribution >= 4 is 40.5 Å². The zero-order valence-corrected chi connectivity index (χ0v) is 19.6. The quantitative estimate of drug-likeness (QED) is 0.468. The standard InChI is InChI=1S/C25H27N5O3S/c31-23-18(8-11-28-23)16-25(33)9-14-30(15-10-25)24(32)17-4-6-19(7-5-17)29-34-21-3-1-2-20-22(21)27-13-12-26-20/h1-7,12-13,18,29,33H,8-11,14-16H2,(H,28,31). The van der Waals surface area contributed by atoms with Gasteiger partial charge >= 0.3 is 0 Å². The Morgan fingerprint density at radius 2 is 1.91 bits per heavy atom. The van der Waals surface area contributed by atoms with E-state index in [0.29, 0.717) is 44.5 Å². The van der Waals surface area contributed by atoms with Crippen LogP contribution in [-0.4, -0.2) is 57.0 Å². The number of nitrogens with zero attached hydrogens (tertiary/aromatic N) is 3. The van der Waals surface area contributed by atoms with Crippen LogP contribution in [0, 0.1) is 5.92 Å². The number of hydrogen-bond acceptors (Lipinski definition) is 7. The minimum atomic E-state index is -0.875. The van der Waals surface area contributed by atoms with Crippen LogP contribution in [0.2, 0.25) is 0 Å². The molecular weight excluding hydrogens is 450 g/mol. The van der Waals surface area contributed by atoms with E-state index in [4.69, 9.17) is 0 Å². The van der Waals surface area contributed by atoms with Crippen LogP contribution < -0.4 is 10.0 Å². The van der Waals surface area contributed by atoms with Crippen molar-refractivity contribution in [1.29, 1.82) is 0 Å². The molecular formula is C25H27N5O3S. The van der Waals surface area contributed by atoms with Gasteiger partial charge in [-0.2, -0.15) is 0 Å². The monoisotopic (exact) mass is 477 g/mol. The number of amides is 2. The van der Waals surface area contributed by atoms with Gasteiger partial charge in [-0.25, -0.2) is 0 Å². The number of anilines is 1. The van der Waals surface area contributed by atoms with Crippen molar-refractivity contribution in [3.05, 3.63) is 60.4 Å². The van der Waals surface area contributed by atoms with E-state index in [-0.39, 0.29) is 17.7 Å². The number of carbonyl (C=O) groups excluding carboxylic acids is 2. The number of para-hydroxylation sites is 1. The number of likely N-dealkylation sites (tertiary alicyclic amines) is 1. The lowest BCUT2D eigenvalue weighted by atomic mass is 9.82. The highest BCUT2D eigenvalue weighted by Gasteiger charge is 2.39. The van der Waals surface area contributed by atoms with Crippen LogP contribution in [0.5, 0.6) is 0 Å². The molecule has 8 nitrogen and oxygen atoms in total. The topological polar surface area (TPSA) is 107 Å². The zero-order chi connectivity index (χ0) is 23.5. The zero-order valence-electron chi connectivity index (χ0n) is 18.7. The van der Waals surface area contributed by atoms with Crippen molar-refractivity contribution in [2.45, 2.75) is 36.2 Å². The minimum absolute atomic E-state index is 0.0344. The van der Waals surface area contributed by atoms with E-state index in [9.17, 15) is 14.7 Å². The van der Waals surface area contributed by atoms with Crippen molar-refractivity contribution in [1.82, 2.24) is 20.2 Å². The Bertz CT molecular complexity index is 1190. The average Bonchev–Trinajstić information content (AvgIpc) is 3.26. The summed E-state index contributed by atoms with van der Waals surface area (Å²) < 4.78 is 3.31. The molecule has 2 aliphatic heterocycles. The van der Waals surface area contributed by atoms with Gasteiger partial charge in [-0.05, 0) is 74.0 Å². The van der Waals surface area contributed by atoms with Crippen molar-refractivity contribution in [2.75, 3.05) is 24.4 Å². The second-order valence-electron chi connectivity index (χ2n) is 8.96. The SMILES string of the molecule is O=C1NCCC1CC1(O)CCN(C(=O)c2ccc(NSc3cccc4nccnc34)cc2)CC1. The Morgan fingerprint density at radius 1 is 1.15 bits per heavy atom. The van der Waals surface area contributed by atoms with E-state index in [1.807, 2.05) is 42.5 Å². The third kappa shape index (κ3) is 4.85. The molecule has 176 valence electrons. The molecule has 3 heterocycles. The van der Waals surface area contributed by atoms with Gasteiger partial charge in [0.05, 0.1) is 16.0 Å². The van der Waals surface area contributed by atoms with Gasteiger partial charge in [0, 0.05) is 49.2 Å². The van der Waals surface area contributed by atoms with E-state index in [2.05, 4.69) is 20.0 Å². The van der Waals surface area contributed by atoms with E-state index >= 15 is 0 Å². The molecule has 3 aromatic rings. The maximum absolute atomic E-state index is 13.0. The lowest BCUT2D eigenvalue weighted by molar-refractivity contribution is -0.125. The van der Waals surface area contributed by atoms with Crippen molar-refractivity contribution in [3.63, 3.8) is 0 Å². The van der Waals surface area contributed by atoms with Gasteiger partial charge in [-0.1, -0.05) is 6.07 Å². The Hall–Kier alpha value is -3.17. The molecule has 5 rings (SSSR count). The van der Waals surface area contributed by atoms with Gasteiger partial charge in [0.15, 0.2) is 0 Å². The molecule has 0 spiro atoms. The van der Waals surface area contributed by atoms with Gasteiger partial charge in [-0.3, -0.25) is 19.6 Å². The van der Waals surface area contributed by atoms with Crippen LogP contribution in [0.25, 0.3) is 11.0 Å². The fraction of sp³-hybridized carbons (Fsp3) is 0.360. The number of piperidine rings is 1. The fourth-order valence-electron chi connectivity index (χ4n) is 4.65. The summed E-state index contributed by atoms with van der Waals surface area (Å²) in [6.45, 7) is 1.66. The molecule has 0 saturated carbocycles. The van der Waals surface area contributed by atoms with Gasteiger partial charge in [0.25, 0.3) is 5.91 Å². The Morgan fingerprint density at radius 3 is 2.65 bits per heavy atom. The molecule has 2 aliphatic rings. The Balaban J connectivity index is 1.16. The molecule has 0 bridgehead atoms. The number of rotatable bonds is 6. The van der Waals surface area contributed by atoms with Crippen LogP contribution in [-0.2, 0) is 4.79 Å². The lowest BCUT2D eigenvalue weighted by Gasteiger charge is -2.39. The van der Waals surface area contributed by atoms with E-state index in [0.717, 1.165) is 28.0 Å². The van der Waals surface area contributed by atoms with Crippen molar-refractivity contribution in [2.24, 2.45) is 5.92 Å².